The topological polar surface area (TPSA) is 176 Å². The van der Waals surface area contributed by atoms with Crippen molar-refractivity contribution in [2.45, 2.75) is 63.0 Å². The number of nitrogen functional groups attached to an aromatic ring is 1. The highest BCUT2D eigenvalue weighted by Crippen LogP contribution is 2.49. The minimum atomic E-state index is -4.03. The summed E-state index contributed by atoms with van der Waals surface area (Å²) in [4.78, 5) is 13.1. The predicted octanol–water partition coefficient (Wildman–Crippen LogP) is 6.37. The van der Waals surface area contributed by atoms with Gasteiger partial charge in [0.05, 0.1) is 43.5 Å². The summed E-state index contributed by atoms with van der Waals surface area (Å²) in [5.74, 6) is 0.323. The number of amides is 1. The molecule has 15 heteroatoms. The second-order valence-electron chi connectivity index (χ2n) is 13.7. The Bertz CT molecular complexity index is 1880. The first-order chi connectivity index (χ1) is 26.4. The largest absolute Gasteiger partial charge is 0.481 e. The van der Waals surface area contributed by atoms with Crippen molar-refractivity contribution >= 4 is 29.4 Å². The van der Waals surface area contributed by atoms with E-state index in [9.17, 15) is 22.9 Å². The van der Waals surface area contributed by atoms with E-state index in [1.807, 2.05) is 74.5 Å². The number of hydrogen-bond acceptors (Lipinski definition) is 11. The highest BCUT2D eigenvalue weighted by atomic mass is 32.2. The van der Waals surface area contributed by atoms with Crippen LogP contribution in [-0.4, -0.2) is 74.8 Å². The van der Waals surface area contributed by atoms with Gasteiger partial charge in [0.15, 0.2) is 6.35 Å². The molecule has 296 valence electrons. The first kappa shape index (κ1) is 41.9. The number of ether oxygens (including phenoxy) is 3. The predicted molar refractivity (Wildman–Crippen MR) is 209 cm³/mol. The molecule has 0 spiro atoms. The number of anilines is 1. The smallest absolute Gasteiger partial charge is 0.407 e. The minimum Gasteiger partial charge on any atom is -0.481 e. The number of aliphatic hydroxyl groups excluding tert-OH is 1. The fourth-order valence-corrected chi connectivity index (χ4v) is 8.61. The minimum absolute atomic E-state index is 0.0377. The van der Waals surface area contributed by atoms with Crippen LogP contribution in [0.4, 0.5) is 10.5 Å². The van der Waals surface area contributed by atoms with Gasteiger partial charge in [0.25, 0.3) is 0 Å². The number of nitrogens with one attached hydrogen (secondary N) is 1. The monoisotopic (exact) mass is 795 g/mol. The third-order valence-electron chi connectivity index (χ3n) is 8.72. The molecule has 1 aliphatic rings. The summed E-state index contributed by atoms with van der Waals surface area (Å²) in [6.45, 7) is 4.45. The average Bonchev–Trinajstić information content (AvgIpc) is 3.69. The highest BCUT2D eigenvalue weighted by molar-refractivity contribution is 7.89. The average molecular weight is 796 g/mol. The van der Waals surface area contributed by atoms with Crippen molar-refractivity contribution in [3.63, 3.8) is 0 Å². The van der Waals surface area contributed by atoms with Gasteiger partial charge in [-0.05, 0) is 65.4 Å². The van der Waals surface area contributed by atoms with Gasteiger partial charge in [-0.1, -0.05) is 86.6 Å². The van der Waals surface area contributed by atoms with Gasteiger partial charge in [-0.2, -0.15) is 4.31 Å². The normalized spacial score (nSPS) is 15.8. The summed E-state index contributed by atoms with van der Waals surface area (Å²) in [7, 11) is -7.77. The molecule has 1 heterocycles. The van der Waals surface area contributed by atoms with Crippen molar-refractivity contribution in [1.29, 1.82) is 0 Å². The Morgan fingerprint density at radius 1 is 0.891 bits per heavy atom. The van der Waals surface area contributed by atoms with Crippen LogP contribution in [0.5, 0.6) is 5.75 Å². The van der Waals surface area contributed by atoms with Crippen LogP contribution in [0, 0.1) is 5.92 Å². The third kappa shape index (κ3) is 13.2. The molecule has 13 nitrogen and oxygen atoms in total. The number of rotatable bonds is 20. The zero-order chi connectivity index (χ0) is 39.3. The molecule has 1 aliphatic heterocycles. The summed E-state index contributed by atoms with van der Waals surface area (Å²) in [5.41, 5.74) is 8.57. The van der Waals surface area contributed by atoms with Gasteiger partial charge in [0.2, 0.25) is 10.0 Å². The van der Waals surface area contributed by atoms with Crippen LogP contribution in [0.3, 0.4) is 0 Å². The zero-order valence-electron chi connectivity index (χ0n) is 31.1. The molecule has 0 unspecified atom stereocenters. The maximum atomic E-state index is 13.9. The van der Waals surface area contributed by atoms with E-state index in [0.29, 0.717) is 30.0 Å². The lowest BCUT2D eigenvalue weighted by atomic mass is 10.0. The Kier molecular flexibility index (Phi) is 15.3. The number of alkyl carbamates (subject to hydrolysis) is 1. The number of sulfonamides is 1. The van der Waals surface area contributed by atoms with Gasteiger partial charge in [0.1, 0.15) is 11.9 Å². The van der Waals surface area contributed by atoms with E-state index in [4.69, 9.17) is 29.0 Å². The van der Waals surface area contributed by atoms with Crippen LogP contribution in [-0.2, 0) is 52.7 Å². The van der Waals surface area contributed by atoms with Crippen LogP contribution < -0.4 is 15.8 Å². The van der Waals surface area contributed by atoms with Crippen molar-refractivity contribution in [2.75, 3.05) is 38.4 Å². The maximum Gasteiger partial charge on any atom is 0.407 e. The van der Waals surface area contributed by atoms with Gasteiger partial charge < -0.3 is 39.4 Å². The quantitative estimate of drug-likeness (QED) is 0.0670. The van der Waals surface area contributed by atoms with E-state index >= 15 is 0 Å². The number of nitrogens with two attached hydrogens (primary N) is 1. The van der Waals surface area contributed by atoms with Crippen molar-refractivity contribution in [3.8, 4) is 5.75 Å². The second-order valence-corrected chi connectivity index (χ2v) is 17.7. The molecule has 4 aromatic rings. The summed E-state index contributed by atoms with van der Waals surface area (Å²) in [6.07, 6.45) is -2.20. The lowest BCUT2D eigenvalue weighted by Crippen LogP contribution is -2.51. The Hall–Kier alpha value is -4.27. The van der Waals surface area contributed by atoms with E-state index in [-0.39, 0.29) is 56.5 Å². The SMILES string of the molecule is CC(C)CN(C[C@@H](O)[C@H](Cc1ccc(OCP(=O)(OCc2ccccc2)OCc2ccccc2)cc1)NC(=O)O[C@H]1CCOC1)S(=O)(=O)c1ccc(N)cc1. The Morgan fingerprint density at radius 2 is 1.49 bits per heavy atom. The summed E-state index contributed by atoms with van der Waals surface area (Å²) in [6, 6.07) is 30.4. The molecule has 0 bridgehead atoms. The molecule has 4 N–H and O–H groups in total. The maximum absolute atomic E-state index is 13.9. The van der Waals surface area contributed by atoms with Crippen molar-refractivity contribution in [3.05, 3.63) is 126 Å². The van der Waals surface area contributed by atoms with Crippen LogP contribution in [0.1, 0.15) is 37.0 Å². The number of benzene rings is 4. The summed E-state index contributed by atoms with van der Waals surface area (Å²) >= 11 is 0. The molecule has 1 saturated heterocycles. The molecule has 4 aromatic carbocycles. The first-order valence-electron chi connectivity index (χ1n) is 18.1. The van der Waals surface area contributed by atoms with E-state index < -0.39 is 42.0 Å². The van der Waals surface area contributed by atoms with E-state index in [1.165, 1.54) is 28.6 Å². The van der Waals surface area contributed by atoms with Crippen molar-refractivity contribution < 1.29 is 46.1 Å². The molecule has 1 fully saturated rings. The van der Waals surface area contributed by atoms with E-state index in [1.54, 1.807) is 24.3 Å². The summed E-state index contributed by atoms with van der Waals surface area (Å²) in [5, 5.41) is 14.4. The number of carbonyl (C=O) groups is 1. The van der Waals surface area contributed by atoms with Gasteiger partial charge in [-0.15, -0.1) is 0 Å². The van der Waals surface area contributed by atoms with E-state index in [2.05, 4.69) is 5.32 Å². The molecule has 0 radical (unpaired) electrons. The van der Waals surface area contributed by atoms with Crippen LogP contribution in [0.15, 0.2) is 114 Å². The molecule has 0 saturated carbocycles. The molecule has 0 aromatic heterocycles. The second kappa shape index (κ2) is 20.1. The van der Waals surface area contributed by atoms with Gasteiger partial charge in [-0.3, -0.25) is 4.57 Å². The number of hydrogen-bond donors (Lipinski definition) is 3. The molecule has 1 amide bonds. The number of nitrogens with zero attached hydrogens (tertiary/aromatic N) is 1. The molecule has 5 rings (SSSR count). The van der Waals surface area contributed by atoms with Crippen LogP contribution in [0.2, 0.25) is 0 Å². The standard InChI is InChI=1S/C40H50N3O10PS/c1-30(2)24-43(55(47,48)37-19-15-34(41)16-20-37)25-39(44)38(42-40(45)53-36-21-22-49-28-36)23-31-13-17-35(18-14-31)50-29-54(46,51-26-32-9-5-3-6-10-32)52-27-33-11-7-4-8-12-33/h3-20,30,36,38-39,44H,21-29,41H2,1-2H3,(H,42,45)/t36-,38-,39+/m0/s1. The fourth-order valence-electron chi connectivity index (χ4n) is 5.76. The van der Waals surface area contributed by atoms with Gasteiger partial charge in [-0.25, -0.2) is 13.2 Å². The molecule has 55 heavy (non-hydrogen) atoms. The number of carbonyl (C=O) groups excluding carboxylic acids is 1. The zero-order valence-corrected chi connectivity index (χ0v) is 32.8. The van der Waals surface area contributed by atoms with Gasteiger partial charge >= 0.3 is 13.7 Å². The Balaban J connectivity index is 1.29. The summed E-state index contributed by atoms with van der Waals surface area (Å²) < 4.78 is 71.0. The van der Waals surface area contributed by atoms with Crippen molar-refractivity contribution in [2.24, 2.45) is 5.92 Å². The fraction of sp³-hybridized carbons (Fsp3) is 0.375. The molecular formula is C40H50N3O10PS. The Labute approximate surface area is 323 Å². The first-order valence-corrected chi connectivity index (χ1v) is 21.3. The number of aliphatic hydroxyl groups is 1. The Morgan fingerprint density at radius 3 is 2.04 bits per heavy atom. The van der Waals surface area contributed by atoms with Crippen molar-refractivity contribution in [1.82, 2.24) is 9.62 Å². The van der Waals surface area contributed by atoms with Crippen LogP contribution in [0.25, 0.3) is 0 Å². The lowest BCUT2D eigenvalue weighted by Gasteiger charge is -2.30. The van der Waals surface area contributed by atoms with Crippen LogP contribution >= 0.6 is 7.60 Å². The highest BCUT2D eigenvalue weighted by Gasteiger charge is 2.33. The molecule has 3 atom stereocenters. The third-order valence-corrected chi connectivity index (χ3v) is 12.1. The van der Waals surface area contributed by atoms with E-state index in [0.717, 1.165) is 11.1 Å². The lowest BCUT2D eigenvalue weighted by molar-refractivity contribution is 0.0644. The molecule has 0 aliphatic carbocycles. The molecular weight excluding hydrogens is 745 g/mol. The van der Waals surface area contributed by atoms with Gasteiger partial charge in [0, 0.05) is 25.2 Å².